The van der Waals surface area contributed by atoms with Gasteiger partial charge in [0.2, 0.25) is 6.10 Å². The zero-order chi connectivity index (χ0) is 13.5. The van der Waals surface area contributed by atoms with Gasteiger partial charge in [0.15, 0.2) is 0 Å². The van der Waals surface area contributed by atoms with Gasteiger partial charge < -0.3 is 9.47 Å². The highest BCUT2D eigenvalue weighted by molar-refractivity contribution is 5.81. The number of hydrogen-bond donors (Lipinski definition) is 0. The van der Waals surface area contributed by atoms with Crippen molar-refractivity contribution in [2.75, 3.05) is 0 Å². The maximum Gasteiger partial charge on any atom is 0.348 e. The minimum Gasteiger partial charge on any atom is -0.459 e. The third-order valence-electron chi connectivity index (χ3n) is 4.24. The first kappa shape index (κ1) is 13.4. The molecule has 0 amide bonds. The van der Waals surface area contributed by atoms with E-state index in [1.54, 1.807) is 0 Å². The Labute approximate surface area is 108 Å². The highest BCUT2D eigenvalue weighted by Crippen LogP contribution is 2.45. The zero-order valence-corrected chi connectivity index (χ0v) is 11.6. The van der Waals surface area contributed by atoms with Crippen molar-refractivity contribution in [3.05, 3.63) is 0 Å². The predicted molar refractivity (Wildman–Crippen MR) is 65.7 cm³/mol. The molecule has 0 spiro atoms. The second-order valence-electron chi connectivity index (χ2n) is 6.55. The monoisotopic (exact) mass is 254 g/mol. The SMILES string of the molecule is CC(=O)O[C@H]1C(=O)O[C@@H]2CC[C@@H](C(C)(C)C)C[C@@H]21. The van der Waals surface area contributed by atoms with Crippen LogP contribution < -0.4 is 0 Å². The Morgan fingerprint density at radius 1 is 1.33 bits per heavy atom. The third kappa shape index (κ3) is 2.52. The van der Waals surface area contributed by atoms with Gasteiger partial charge in [-0.1, -0.05) is 20.8 Å². The number of fused-ring (bicyclic) bond motifs is 1. The number of carbonyl (C=O) groups excluding carboxylic acids is 2. The summed E-state index contributed by atoms with van der Waals surface area (Å²) in [5, 5.41) is 0. The molecule has 0 N–H and O–H groups in total. The van der Waals surface area contributed by atoms with Crippen molar-refractivity contribution >= 4 is 11.9 Å². The molecule has 102 valence electrons. The molecule has 1 aliphatic carbocycles. The van der Waals surface area contributed by atoms with Gasteiger partial charge in [-0.05, 0) is 30.6 Å². The molecule has 0 radical (unpaired) electrons. The fourth-order valence-corrected chi connectivity index (χ4v) is 3.13. The van der Waals surface area contributed by atoms with E-state index in [1.807, 2.05) is 0 Å². The summed E-state index contributed by atoms with van der Waals surface area (Å²) in [6, 6.07) is 0. The Balaban J connectivity index is 2.11. The van der Waals surface area contributed by atoms with Gasteiger partial charge >= 0.3 is 11.9 Å². The lowest BCUT2D eigenvalue weighted by atomic mass is 9.67. The normalized spacial score (nSPS) is 35.9. The Kier molecular flexibility index (Phi) is 3.39. The molecule has 4 heteroatoms. The van der Waals surface area contributed by atoms with E-state index >= 15 is 0 Å². The molecule has 2 rings (SSSR count). The van der Waals surface area contributed by atoms with Crippen molar-refractivity contribution < 1.29 is 19.1 Å². The van der Waals surface area contributed by atoms with Crippen LogP contribution in [0, 0.1) is 17.3 Å². The highest BCUT2D eigenvalue weighted by atomic mass is 16.6. The molecule has 0 aromatic heterocycles. The molecule has 18 heavy (non-hydrogen) atoms. The zero-order valence-electron chi connectivity index (χ0n) is 11.6. The van der Waals surface area contributed by atoms with Gasteiger partial charge in [-0.15, -0.1) is 0 Å². The fraction of sp³-hybridized carbons (Fsp3) is 0.857. The van der Waals surface area contributed by atoms with E-state index in [4.69, 9.17) is 9.47 Å². The average molecular weight is 254 g/mol. The predicted octanol–water partition coefficient (Wildman–Crippen LogP) is 2.31. The van der Waals surface area contributed by atoms with Crippen LogP contribution in [-0.4, -0.2) is 24.1 Å². The molecule has 1 saturated carbocycles. The van der Waals surface area contributed by atoms with Gasteiger partial charge in [-0.2, -0.15) is 0 Å². The first-order valence-electron chi connectivity index (χ1n) is 6.66. The molecule has 4 atom stereocenters. The molecule has 1 saturated heterocycles. The Morgan fingerprint density at radius 2 is 2.00 bits per heavy atom. The molecule has 1 heterocycles. The number of esters is 2. The summed E-state index contributed by atoms with van der Waals surface area (Å²) in [5.41, 5.74) is 0.220. The number of rotatable bonds is 1. The average Bonchev–Trinajstić information content (AvgIpc) is 2.53. The summed E-state index contributed by atoms with van der Waals surface area (Å²) in [5.74, 6) is -0.184. The van der Waals surface area contributed by atoms with E-state index in [0.29, 0.717) is 5.92 Å². The quantitative estimate of drug-likeness (QED) is 0.674. The van der Waals surface area contributed by atoms with Crippen molar-refractivity contribution in [2.45, 2.75) is 59.2 Å². The van der Waals surface area contributed by atoms with Crippen molar-refractivity contribution in [1.82, 2.24) is 0 Å². The van der Waals surface area contributed by atoms with Gasteiger partial charge in [0.1, 0.15) is 6.10 Å². The lowest BCUT2D eigenvalue weighted by Crippen LogP contribution is -2.38. The van der Waals surface area contributed by atoms with Crippen LogP contribution in [0.1, 0.15) is 47.0 Å². The van der Waals surface area contributed by atoms with Gasteiger partial charge in [0, 0.05) is 12.8 Å². The second kappa shape index (κ2) is 4.56. The van der Waals surface area contributed by atoms with Crippen LogP contribution in [-0.2, 0) is 19.1 Å². The van der Waals surface area contributed by atoms with E-state index in [1.165, 1.54) is 6.92 Å². The Hall–Kier alpha value is -1.06. The molecule has 0 aromatic rings. The van der Waals surface area contributed by atoms with Crippen molar-refractivity contribution in [3.63, 3.8) is 0 Å². The van der Waals surface area contributed by atoms with Crippen LogP contribution in [0.15, 0.2) is 0 Å². The van der Waals surface area contributed by atoms with E-state index in [-0.39, 0.29) is 23.4 Å². The standard InChI is InChI=1S/C14H22O4/c1-8(15)17-12-10-7-9(14(2,3)4)5-6-11(10)18-13(12)16/h9-12H,5-7H2,1-4H3/t9-,10+,11-,12-/m1/s1. The topological polar surface area (TPSA) is 52.6 Å². The van der Waals surface area contributed by atoms with Crippen LogP contribution >= 0.6 is 0 Å². The maximum atomic E-state index is 11.7. The van der Waals surface area contributed by atoms with Gasteiger partial charge in [-0.3, -0.25) is 4.79 Å². The molecule has 1 aliphatic heterocycles. The Bertz CT molecular complexity index is 355. The Morgan fingerprint density at radius 3 is 2.56 bits per heavy atom. The van der Waals surface area contributed by atoms with E-state index in [2.05, 4.69) is 20.8 Å². The summed E-state index contributed by atoms with van der Waals surface area (Å²) < 4.78 is 10.5. The smallest absolute Gasteiger partial charge is 0.348 e. The largest absolute Gasteiger partial charge is 0.459 e. The third-order valence-corrected chi connectivity index (χ3v) is 4.24. The van der Waals surface area contributed by atoms with Crippen molar-refractivity contribution in [1.29, 1.82) is 0 Å². The molecule has 0 aromatic carbocycles. The molecular formula is C14H22O4. The van der Waals surface area contributed by atoms with E-state index < -0.39 is 12.1 Å². The first-order valence-corrected chi connectivity index (χ1v) is 6.66. The van der Waals surface area contributed by atoms with Crippen LogP contribution in [0.25, 0.3) is 0 Å². The van der Waals surface area contributed by atoms with Gasteiger partial charge in [-0.25, -0.2) is 4.79 Å². The lowest BCUT2D eigenvalue weighted by Gasteiger charge is -2.38. The van der Waals surface area contributed by atoms with Gasteiger partial charge in [0.25, 0.3) is 0 Å². The van der Waals surface area contributed by atoms with Crippen molar-refractivity contribution in [2.24, 2.45) is 17.3 Å². The molecule has 2 aliphatic rings. The van der Waals surface area contributed by atoms with Crippen LogP contribution in [0.3, 0.4) is 0 Å². The summed E-state index contributed by atoms with van der Waals surface area (Å²) in [6.07, 6.45) is 2.12. The van der Waals surface area contributed by atoms with Crippen LogP contribution in [0.4, 0.5) is 0 Å². The summed E-state index contributed by atoms with van der Waals surface area (Å²) in [4.78, 5) is 22.8. The van der Waals surface area contributed by atoms with Crippen LogP contribution in [0.2, 0.25) is 0 Å². The second-order valence-corrected chi connectivity index (χ2v) is 6.55. The summed E-state index contributed by atoms with van der Waals surface area (Å²) in [6.45, 7) is 7.99. The maximum absolute atomic E-state index is 11.7. The minimum atomic E-state index is -0.683. The van der Waals surface area contributed by atoms with E-state index in [0.717, 1.165) is 19.3 Å². The summed E-state index contributed by atoms with van der Waals surface area (Å²) >= 11 is 0. The molecule has 0 unspecified atom stereocenters. The van der Waals surface area contributed by atoms with Gasteiger partial charge in [0.05, 0.1) is 0 Å². The van der Waals surface area contributed by atoms with Crippen molar-refractivity contribution in [3.8, 4) is 0 Å². The highest BCUT2D eigenvalue weighted by Gasteiger charge is 2.50. The summed E-state index contributed by atoms with van der Waals surface area (Å²) in [7, 11) is 0. The number of ether oxygens (including phenoxy) is 2. The fourth-order valence-electron chi connectivity index (χ4n) is 3.13. The van der Waals surface area contributed by atoms with E-state index in [9.17, 15) is 9.59 Å². The molecule has 2 fully saturated rings. The first-order chi connectivity index (χ1) is 8.29. The number of hydrogen-bond acceptors (Lipinski definition) is 4. The molecule has 0 bridgehead atoms. The molecular weight excluding hydrogens is 232 g/mol. The lowest BCUT2D eigenvalue weighted by molar-refractivity contribution is -0.160. The van der Waals surface area contributed by atoms with Crippen LogP contribution in [0.5, 0.6) is 0 Å². The minimum absolute atomic E-state index is 0.0411. The number of carbonyl (C=O) groups is 2. The molecule has 4 nitrogen and oxygen atoms in total.